The summed E-state index contributed by atoms with van der Waals surface area (Å²) in [6, 6.07) is 7.77. The summed E-state index contributed by atoms with van der Waals surface area (Å²) in [6.07, 6.45) is 1.02. The number of aromatic nitrogens is 1. The van der Waals surface area contributed by atoms with E-state index in [1.807, 2.05) is 0 Å². The van der Waals surface area contributed by atoms with Crippen LogP contribution in [0.1, 0.15) is 50.1 Å². The lowest BCUT2D eigenvalue weighted by Gasteiger charge is -2.34. The average Bonchev–Trinajstić information content (AvgIpc) is 2.68. The maximum Gasteiger partial charge on any atom is 0.420 e. The van der Waals surface area contributed by atoms with Crippen molar-refractivity contribution in [3.05, 3.63) is 53.2 Å². The summed E-state index contributed by atoms with van der Waals surface area (Å²) >= 11 is 0. The molecule has 2 N–H and O–H groups in total. The predicted octanol–water partition coefficient (Wildman–Crippen LogP) is 4.67. The number of rotatable bonds is 3. The largest absolute Gasteiger partial charge is 0.420 e. The highest BCUT2D eigenvalue weighted by molar-refractivity contribution is 5.98. The first kappa shape index (κ1) is 23.1. The first-order valence-corrected chi connectivity index (χ1v) is 9.94. The highest BCUT2D eigenvalue weighted by Crippen LogP contribution is 2.41. The number of carbonyl (C=O) groups is 2. The molecule has 0 fully saturated rings. The number of anilines is 2. The summed E-state index contributed by atoms with van der Waals surface area (Å²) in [5.74, 6) is 1.49. The molecule has 0 saturated carbocycles. The third kappa shape index (κ3) is 5.02. The Morgan fingerprint density at radius 2 is 1.84 bits per heavy atom. The molecule has 6 nitrogen and oxygen atoms in total. The number of benzene rings is 1. The third-order valence-corrected chi connectivity index (χ3v) is 4.74. The number of fused-ring (bicyclic) bond motifs is 1. The maximum absolute atomic E-state index is 13.9. The summed E-state index contributed by atoms with van der Waals surface area (Å²) in [4.78, 5) is 30.2. The van der Waals surface area contributed by atoms with Crippen LogP contribution < -0.4 is 15.5 Å². The SMILES string of the molecule is C#C[C@@H](c1ccccc1)N1C(=O)CCc2nc(NC(=O)NC(C)(C)C)c(C(F)(F)F)cc21. The zero-order chi connectivity index (χ0) is 23.7. The van der Waals surface area contributed by atoms with Crippen molar-refractivity contribution >= 4 is 23.4 Å². The Balaban J connectivity index is 2.10. The molecule has 2 heterocycles. The van der Waals surface area contributed by atoms with E-state index in [9.17, 15) is 22.8 Å². The fraction of sp³-hybridized carbons (Fsp3) is 0.348. The van der Waals surface area contributed by atoms with Crippen molar-refractivity contribution in [2.75, 3.05) is 10.2 Å². The van der Waals surface area contributed by atoms with Gasteiger partial charge in [-0.3, -0.25) is 15.0 Å². The number of terminal acetylenes is 1. The molecule has 1 aromatic heterocycles. The fourth-order valence-corrected chi connectivity index (χ4v) is 3.44. The summed E-state index contributed by atoms with van der Waals surface area (Å²) in [6.45, 7) is 5.10. The molecule has 0 bridgehead atoms. The Morgan fingerprint density at radius 3 is 2.41 bits per heavy atom. The van der Waals surface area contributed by atoms with Crippen LogP contribution in [0.4, 0.5) is 29.5 Å². The number of amides is 3. The maximum atomic E-state index is 13.9. The minimum atomic E-state index is -4.82. The highest BCUT2D eigenvalue weighted by Gasteiger charge is 2.39. The summed E-state index contributed by atoms with van der Waals surface area (Å²) in [5.41, 5.74) is -0.988. The number of pyridine rings is 1. The Labute approximate surface area is 184 Å². The Bertz CT molecular complexity index is 1070. The average molecular weight is 444 g/mol. The minimum Gasteiger partial charge on any atom is -0.333 e. The number of halogens is 3. The molecule has 0 spiro atoms. The van der Waals surface area contributed by atoms with Crippen LogP contribution in [0.3, 0.4) is 0 Å². The standard InChI is InChI=1S/C23H23F3N4O2/c1-5-17(14-9-7-6-8-10-14)30-18-13-15(23(24,25)26)20(27-16(18)11-12-19(30)31)28-21(32)29-22(2,3)4/h1,6-10,13,17H,11-12H2,2-4H3,(H2,27,28,29,32)/t17-/m0/s1. The quantitative estimate of drug-likeness (QED) is 0.676. The molecule has 9 heteroatoms. The number of nitrogens with one attached hydrogen (secondary N) is 2. The smallest absolute Gasteiger partial charge is 0.333 e. The monoisotopic (exact) mass is 444 g/mol. The van der Waals surface area contributed by atoms with Crippen LogP contribution in [-0.4, -0.2) is 22.5 Å². The van der Waals surface area contributed by atoms with E-state index in [2.05, 4.69) is 21.5 Å². The number of nitrogens with zero attached hydrogens (tertiary/aromatic N) is 2. The molecule has 1 aliphatic heterocycles. The van der Waals surface area contributed by atoms with Crippen molar-refractivity contribution in [2.45, 2.75) is 51.4 Å². The van der Waals surface area contributed by atoms with Gasteiger partial charge in [0.25, 0.3) is 0 Å². The molecule has 3 amide bonds. The van der Waals surface area contributed by atoms with Gasteiger partial charge in [0, 0.05) is 18.4 Å². The van der Waals surface area contributed by atoms with Crippen LogP contribution >= 0.6 is 0 Å². The molecule has 3 rings (SSSR count). The van der Waals surface area contributed by atoms with Gasteiger partial charge in [-0.1, -0.05) is 36.3 Å². The van der Waals surface area contributed by atoms with E-state index in [1.54, 1.807) is 51.1 Å². The predicted molar refractivity (Wildman–Crippen MR) is 115 cm³/mol. The van der Waals surface area contributed by atoms with Crippen LogP contribution in [-0.2, 0) is 17.4 Å². The van der Waals surface area contributed by atoms with Gasteiger partial charge >= 0.3 is 12.2 Å². The van der Waals surface area contributed by atoms with E-state index in [0.29, 0.717) is 5.56 Å². The highest BCUT2D eigenvalue weighted by atomic mass is 19.4. The normalized spacial score (nSPS) is 14.9. The second-order valence-electron chi connectivity index (χ2n) is 8.42. The molecule has 0 saturated heterocycles. The molecule has 168 valence electrons. The molecule has 0 aliphatic carbocycles. The van der Waals surface area contributed by atoms with Gasteiger partial charge in [0.1, 0.15) is 17.4 Å². The van der Waals surface area contributed by atoms with Crippen LogP contribution in [0.5, 0.6) is 0 Å². The molecule has 0 unspecified atom stereocenters. The van der Waals surface area contributed by atoms with E-state index in [0.717, 1.165) is 6.07 Å². The second kappa shape index (κ2) is 8.54. The van der Waals surface area contributed by atoms with E-state index in [1.165, 1.54) is 4.90 Å². The number of aryl methyl sites for hydroxylation is 1. The molecule has 32 heavy (non-hydrogen) atoms. The summed E-state index contributed by atoms with van der Waals surface area (Å²) < 4.78 is 41.6. The fourth-order valence-electron chi connectivity index (χ4n) is 3.44. The van der Waals surface area contributed by atoms with Gasteiger partial charge in [-0.2, -0.15) is 13.2 Å². The van der Waals surface area contributed by atoms with E-state index in [-0.39, 0.29) is 24.2 Å². The molecular weight excluding hydrogens is 421 g/mol. The van der Waals surface area contributed by atoms with Crippen molar-refractivity contribution in [3.8, 4) is 12.3 Å². The molecule has 1 aromatic carbocycles. The minimum absolute atomic E-state index is 0.0119. The van der Waals surface area contributed by atoms with Crippen molar-refractivity contribution in [3.63, 3.8) is 0 Å². The number of urea groups is 1. The van der Waals surface area contributed by atoms with Crippen molar-refractivity contribution in [1.82, 2.24) is 10.3 Å². The zero-order valence-electron chi connectivity index (χ0n) is 17.9. The second-order valence-corrected chi connectivity index (χ2v) is 8.42. The van der Waals surface area contributed by atoms with E-state index in [4.69, 9.17) is 6.42 Å². The molecular formula is C23H23F3N4O2. The lowest BCUT2D eigenvalue weighted by Crippen LogP contribution is -2.43. The van der Waals surface area contributed by atoms with Gasteiger partial charge < -0.3 is 5.32 Å². The van der Waals surface area contributed by atoms with Crippen LogP contribution in [0.25, 0.3) is 0 Å². The third-order valence-electron chi connectivity index (χ3n) is 4.74. The van der Waals surface area contributed by atoms with Gasteiger partial charge in [0.2, 0.25) is 5.91 Å². The topological polar surface area (TPSA) is 74.3 Å². The van der Waals surface area contributed by atoms with Crippen molar-refractivity contribution < 1.29 is 22.8 Å². The molecule has 1 atom stereocenters. The molecule has 2 aromatic rings. The number of alkyl halides is 3. The summed E-state index contributed by atoms with van der Waals surface area (Å²) in [7, 11) is 0. The molecule has 1 aliphatic rings. The van der Waals surface area contributed by atoms with Gasteiger partial charge in [-0.15, -0.1) is 6.42 Å². The lowest BCUT2D eigenvalue weighted by molar-refractivity contribution is -0.137. The first-order chi connectivity index (χ1) is 14.9. The number of hydrogen-bond acceptors (Lipinski definition) is 3. The van der Waals surface area contributed by atoms with Crippen molar-refractivity contribution in [1.29, 1.82) is 0 Å². The lowest BCUT2D eigenvalue weighted by atomic mass is 9.98. The zero-order valence-corrected chi connectivity index (χ0v) is 17.9. The first-order valence-electron chi connectivity index (χ1n) is 9.94. The Hall–Kier alpha value is -3.54. The Kier molecular flexibility index (Phi) is 6.17. The van der Waals surface area contributed by atoms with E-state index >= 15 is 0 Å². The van der Waals surface area contributed by atoms with Crippen LogP contribution in [0.15, 0.2) is 36.4 Å². The van der Waals surface area contributed by atoms with Crippen LogP contribution in [0.2, 0.25) is 0 Å². The van der Waals surface area contributed by atoms with E-state index < -0.39 is 41.1 Å². The number of carbonyl (C=O) groups excluding carboxylic acids is 2. The van der Waals surface area contributed by atoms with Gasteiger partial charge in [0.15, 0.2) is 0 Å². The van der Waals surface area contributed by atoms with Crippen LogP contribution in [0, 0.1) is 12.3 Å². The van der Waals surface area contributed by atoms with Gasteiger partial charge in [0.05, 0.1) is 11.4 Å². The van der Waals surface area contributed by atoms with Gasteiger partial charge in [-0.05, 0) is 32.4 Å². The summed E-state index contributed by atoms with van der Waals surface area (Å²) in [5, 5.41) is 4.74. The van der Waals surface area contributed by atoms with Crippen molar-refractivity contribution in [2.24, 2.45) is 0 Å². The molecule has 0 radical (unpaired) electrons. The van der Waals surface area contributed by atoms with Gasteiger partial charge in [-0.25, -0.2) is 9.78 Å². The number of hydrogen-bond donors (Lipinski definition) is 2. The Morgan fingerprint density at radius 1 is 1.19 bits per heavy atom.